The second kappa shape index (κ2) is 8.39. The monoisotopic (exact) mass is 301 g/mol. The zero-order chi connectivity index (χ0) is 15.0. The highest BCUT2D eigenvalue weighted by Crippen LogP contribution is 2.15. The Labute approximate surface area is 121 Å². The van der Waals surface area contributed by atoms with Gasteiger partial charge in [0, 0.05) is 18.7 Å². The van der Waals surface area contributed by atoms with Crippen molar-refractivity contribution in [2.24, 2.45) is 0 Å². The third-order valence-corrected chi connectivity index (χ3v) is 2.70. The van der Waals surface area contributed by atoms with Crippen LogP contribution in [0.4, 0.5) is 0 Å². The summed E-state index contributed by atoms with van der Waals surface area (Å²) < 4.78 is 10.2. The highest BCUT2D eigenvalue weighted by Gasteiger charge is 2.13. The molecule has 0 aliphatic carbocycles. The van der Waals surface area contributed by atoms with Gasteiger partial charge in [0.15, 0.2) is 6.61 Å². The van der Waals surface area contributed by atoms with Crippen molar-refractivity contribution in [1.82, 2.24) is 5.32 Å². The van der Waals surface area contributed by atoms with Crippen molar-refractivity contribution in [3.63, 3.8) is 0 Å². The van der Waals surface area contributed by atoms with Gasteiger partial charge < -0.3 is 19.9 Å². The lowest BCUT2D eigenvalue weighted by Gasteiger charge is -2.14. The predicted octanol–water partition coefficient (Wildman–Crippen LogP) is 1.32. The number of halogens is 1. The molecule has 0 aliphatic rings. The standard InChI is InChI=1S/C13H16ClNO5/c1-19-11(6-13(17)18)7-15-12(16)8-20-10-4-2-9(14)3-5-10/h2-5,11H,6-8H2,1H3,(H,15,16)(H,17,18). The summed E-state index contributed by atoms with van der Waals surface area (Å²) in [5, 5.41) is 11.8. The Kier molecular flexibility index (Phi) is 6.83. The molecule has 20 heavy (non-hydrogen) atoms. The molecule has 0 aliphatic heterocycles. The minimum atomic E-state index is -0.983. The Morgan fingerprint density at radius 3 is 2.55 bits per heavy atom. The maximum absolute atomic E-state index is 11.5. The molecule has 0 fully saturated rings. The second-order valence-electron chi connectivity index (χ2n) is 4.00. The van der Waals surface area contributed by atoms with Crippen molar-refractivity contribution in [1.29, 1.82) is 0 Å². The Bertz CT molecular complexity index is 449. The van der Waals surface area contributed by atoms with Crippen LogP contribution in [0.5, 0.6) is 5.75 Å². The quantitative estimate of drug-likeness (QED) is 0.756. The number of carbonyl (C=O) groups excluding carboxylic acids is 1. The number of benzene rings is 1. The van der Waals surface area contributed by atoms with E-state index in [1.807, 2.05) is 0 Å². The van der Waals surface area contributed by atoms with Crippen molar-refractivity contribution >= 4 is 23.5 Å². The van der Waals surface area contributed by atoms with E-state index in [1.165, 1.54) is 7.11 Å². The normalized spacial score (nSPS) is 11.7. The molecule has 1 amide bonds. The predicted molar refractivity (Wildman–Crippen MR) is 73.0 cm³/mol. The molecule has 0 saturated heterocycles. The van der Waals surface area contributed by atoms with E-state index < -0.39 is 12.1 Å². The molecule has 6 nitrogen and oxygen atoms in total. The van der Waals surface area contributed by atoms with Crippen molar-refractivity contribution in [2.75, 3.05) is 20.3 Å². The number of hydrogen-bond donors (Lipinski definition) is 2. The van der Waals surface area contributed by atoms with E-state index in [1.54, 1.807) is 24.3 Å². The summed E-state index contributed by atoms with van der Waals surface area (Å²) in [5.41, 5.74) is 0. The van der Waals surface area contributed by atoms with Crippen molar-refractivity contribution in [3.8, 4) is 5.75 Å². The number of nitrogens with one attached hydrogen (secondary N) is 1. The fourth-order valence-corrected chi connectivity index (χ4v) is 1.52. The number of carboxylic acids is 1. The first kappa shape index (κ1) is 16.3. The van der Waals surface area contributed by atoms with Gasteiger partial charge in [-0.3, -0.25) is 9.59 Å². The van der Waals surface area contributed by atoms with Crippen LogP contribution in [0.1, 0.15) is 6.42 Å². The van der Waals surface area contributed by atoms with Crippen molar-refractivity contribution < 1.29 is 24.2 Å². The summed E-state index contributed by atoms with van der Waals surface area (Å²) >= 11 is 5.72. The van der Waals surface area contributed by atoms with Gasteiger partial charge in [0.05, 0.1) is 12.5 Å². The zero-order valence-corrected chi connectivity index (χ0v) is 11.7. The molecule has 0 spiro atoms. The van der Waals surface area contributed by atoms with E-state index >= 15 is 0 Å². The Morgan fingerprint density at radius 2 is 2.00 bits per heavy atom. The minimum Gasteiger partial charge on any atom is -0.484 e. The smallest absolute Gasteiger partial charge is 0.306 e. The van der Waals surface area contributed by atoms with E-state index in [9.17, 15) is 9.59 Å². The molecule has 0 bridgehead atoms. The first-order valence-electron chi connectivity index (χ1n) is 5.91. The highest BCUT2D eigenvalue weighted by atomic mass is 35.5. The van der Waals surface area contributed by atoms with Gasteiger partial charge >= 0.3 is 5.97 Å². The van der Waals surface area contributed by atoms with Crippen LogP contribution in [0.15, 0.2) is 24.3 Å². The van der Waals surface area contributed by atoms with Crippen LogP contribution in [0, 0.1) is 0 Å². The number of carboxylic acid groups (broad SMARTS) is 1. The lowest BCUT2D eigenvalue weighted by atomic mass is 10.2. The summed E-state index contributed by atoms with van der Waals surface area (Å²) in [6.45, 7) is -0.0449. The largest absolute Gasteiger partial charge is 0.484 e. The maximum atomic E-state index is 11.5. The van der Waals surface area contributed by atoms with E-state index in [-0.39, 0.29) is 25.5 Å². The minimum absolute atomic E-state index is 0.117. The van der Waals surface area contributed by atoms with Crippen molar-refractivity contribution in [3.05, 3.63) is 29.3 Å². The molecule has 1 aromatic carbocycles. The van der Waals surface area contributed by atoms with Crippen LogP contribution in [0.25, 0.3) is 0 Å². The molecule has 0 saturated carbocycles. The summed E-state index contributed by atoms with van der Waals surface area (Å²) in [7, 11) is 1.39. The summed E-state index contributed by atoms with van der Waals surface area (Å²) in [5.74, 6) is -0.811. The number of amides is 1. The van der Waals surface area contributed by atoms with Gasteiger partial charge in [-0.1, -0.05) is 11.6 Å². The van der Waals surface area contributed by atoms with Crippen LogP contribution in [-0.4, -0.2) is 43.3 Å². The molecule has 1 unspecified atom stereocenters. The molecule has 2 N–H and O–H groups in total. The van der Waals surface area contributed by atoms with Crippen LogP contribution >= 0.6 is 11.6 Å². The van der Waals surface area contributed by atoms with E-state index in [4.69, 9.17) is 26.2 Å². The third kappa shape index (κ3) is 6.40. The summed E-state index contributed by atoms with van der Waals surface area (Å²) in [6, 6.07) is 6.61. The van der Waals surface area contributed by atoms with Gasteiger partial charge in [0.1, 0.15) is 5.75 Å². The van der Waals surface area contributed by atoms with Gasteiger partial charge in [-0.15, -0.1) is 0 Å². The molecule has 0 heterocycles. The number of carbonyl (C=O) groups is 2. The first-order valence-corrected chi connectivity index (χ1v) is 6.28. The highest BCUT2D eigenvalue weighted by molar-refractivity contribution is 6.30. The number of rotatable bonds is 8. The molecule has 1 aromatic rings. The number of methoxy groups -OCH3 is 1. The Balaban J connectivity index is 2.29. The zero-order valence-electron chi connectivity index (χ0n) is 11.0. The Morgan fingerprint density at radius 1 is 1.35 bits per heavy atom. The van der Waals surface area contributed by atoms with E-state index in [0.717, 1.165) is 0 Å². The van der Waals surface area contributed by atoms with Gasteiger partial charge in [-0.2, -0.15) is 0 Å². The van der Waals surface area contributed by atoms with Crippen molar-refractivity contribution in [2.45, 2.75) is 12.5 Å². The fourth-order valence-electron chi connectivity index (χ4n) is 1.39. The SMILES string of the molecule is COC(CNC(=O)COc1ccc(Cl)cc1)CC(=O)O. The van der Waals surface area contributed by atoms with E-state index in [0.29, 0.717) is 10.8 Å². The summed E-state index contributed by atoms with van der Waals surface area (Å²) in [6.07, 6.45) is -0.735. The topological polar surface area (TPSA) is 84.9 Å². The first-order chi connectivity index (χ1) is 9.51. The summed E-state index contributed by atoms with van der Waals surface area (Å²) in [4.78, 5) is 22.0. The molecule has 0 radical (unpaired) electrons. The fraction of sp³-hybridized carbons (Fsp3) is 0.385. The molecule has 7 heteroatoms. The number of ether oxygens (including phenoxy) is 2. The molecular formula is C13H16ClNO5. The van der Waals surface area contributed by atoms with Gasteiger partial charge in [0.25, 0.3) is 5.91 Å². The van der Waals surface area contributed by atoms with Gasteiger partial charge in [-0.05, 0) is 24.3 Å². The third-order valence-electron chi connectivity index (χ3n) is 2.45. The Hall–Kier alpha value is -1.79. The molecular weight excluding hydrogens is 286 g/mol. The number of aliphatic carboxylic acids is 1. The van der Waals surface area contributed by atoms with E-state index in [2.05, 4.69) is 5.32 Å². The van der Waals surface area contributed by atoms with Crippen LogP contribution in [-0.2, 0) is 14.3 Å². The number of hydrogen-bond acceptors (Lipinski definition) is 4. The molecule has 0 aromatic heterocycles. The van der Waals surface area contributed by atoms with Crippen LogP contribution in [0.2, 0.25) is 5.02 Å². The maximum Gasteiger partial charge on any atom is 0.306 e. The lowest BCUT2D eigenvalue weighted by Crippen LogP contribution is -2.37. The molecule has 1 atom stereocenters. The average molecular weight is 302 g/mol. The average Bonchev–Trinajstić information content (AvgIpc) is 2.42. The molecule has 110 valence electrons. The second-order valence-corrected chi connectivity index (χ2v) is 4.44. The molecule has 1 rings (SSSR count). The van der Waals surface area contributed by atoms with Gasteiger partial charge in [0.2, 0.25) is 0 Å². The van der Waals surface area contributed by atoms with Gasteiger partial charge in [-0.25, -0.2) is 0 Å². The van der Waals surface area contributed by atoms with Crippen LogP contribution < -0.4 is 10.1 Å². The lowest BCUT2D eigenvalue weighted by molar-refractivity contribution is -0.140. The van der Waals surface area contributed by atoms with Crippen LogP contribution in [0.3, 0.4) is 0 Å².